The van der Waals surface area contributed by atoms with Crippen LogP contribution in [0.5, 0.6) is 5.75 Å². The molecule has 0 atom stereocenters. The van der Waals surface area contributed by atoms with Gasteiger partial charge < -0.3 is 20.0 Å². The number of benzene rings is 1. The Labute approximate surface area is 161 Å². The Morgan fingerprint density at radius 2 is 2.04 bits per heavy atom. The number of aromatic amines is 1. The van der Waals surface area contributed by atoms with Crippen molar-refractivity contribution >= 4 is 5.82 Å². The summed E-state index contributed by atoms with van der Waals surface area (Å²) in [5, 5.41) is 19.0. The van der Waals surface area contributed by atoms with Crippen molar-refractivity contribution < 1.29 is 4.74 Å². The number of imidazole rings is 1. The lowest BCUT2D eigenvalue weighted by Crippen LogP contribution is -2.16. The fourth-order valence-electron chi connectivity index (χ4n) is 2.94. The molecule has 140 valence electrons. The zero-order chi connectivity index (χ0) is 20.3. The summed E-state index contributed by atoms with van der Waals surface area (Å²) < 4.78 is 7.76. The Balaban J connectivity index is 2.23. The summed E-state index contributed by atoms with van der Waals surface area (Å²) in [6.07, 6.45) is 5.13. The number of nitriles is 2. The van der Waals surface area contributed by atoms with Crippen LogP contribution in [0, 0.1) is 22.7 Å². The van der Waals surface area contributed by atoms with Crippen LogP contribution in [-0.2, 0) is 6.54 Å². The second-order valence-electron chi connectivity index (χ2n) is 6.44. The van der Waals surface area contributed by atoms with Gasteiger partial charge in [0.05, 0.1) is 19.0 Å². The van der Waals surface area contributed by atoms with Gasteiger partial charge in [-0.2, -0.15) is 10.5 Å². The second-order valence-corrected chi connectivity index (χ2v) is 6.44. The SMILES string of the molecule is CC(C)Oc1ccc(-c2c(C#N)c(N)[nH]c(=O)c2C#N)cc1Cn1ccnc1. The summed E-state index contributed by atoms with van der Waals surface area (Å²) in [7, 11) is 0. The molecule has 0 spiro atoms. The summed E-state index contributed by atoms with van der Waals surface area (Å²) in [4.78, 5) is 18.6. The minimum Gasteiger partial charge on any atom is -0.491 e. The van der Waals surface area contributed by atoms with Crippen LogP contribution in [0.2, 0.25) is 0 Å². The number of aromatic nitrogens is 3. The average molecular weight is 374 g/mol. The number of pyridine rings is 1. The molecule has 3 rings (SSSR count). The molecule has 0 bridgehead atoms. The van der Waals surface area contributed by atoms with Crippen molar-refractivity contribution in [2.45, 2.75) is 26.5 Å². The number of nitrogens with one attached hydrogen (secondary N) is 1. The maximum Gasteiger partial charge on any atom is 0.268 e. The molecule has 0 aliphatic heterocycles. The van der Waals surface area contributed by atoms with Crippen molar-refractivity contribution in [3.8, 4) is 29.0 Å². The van der Waals surface area contributed by atoms with Crippen LogP contribution >= 0.6 is 0 Å². The highest BCUT2D eigenvalue weighted by Crippen LogP contribution is 2.32. The van der Waals surface area contributed by atoms with Gasteiger partial charge in [0.15, 0.2) is 0 Å². The zero-order valence-corrected chi connectivity index (χ0v) is 15.4. The number of H-pyrrole nitrogens is 1. The molecular weight excluding hydrogens is 356 g/mol. The monoisotopic (exact) mass is 374 g/mol. The van der Waals surface area contributed by atoms with Gasteiger partial charge in [0.1, 0.15) is 34.8 Å². The quantitative estimate of drug-likeness (QED) is 0.704. The highest BCUT2D eigenvalue weighted by atomic mass is 16.5. The third kappa shape index (κ3) is 3.57. The van der Waals surface area contributed by atoms with Gasteiger partial charge in [0.2, 0.25) is 0 Å². The average Bonchev–Trinajstić information content (AvgIpc) is 3.15. The van der Waals surface area contributed by atoms with Crippen LogP contribution in [0.3, 0.4) is 0 Å². The molecule has 0 amide bonds. The molecule has 2 aromatic heterocycles. The number of ether oxygens (including phenoxy) is 1. The van der Waals surface area contributed by atoms with Gasteiger partial charge in [-0.05, 0) is 31.5 Å². The first-order valence-corrected chi connectivity index (χ1v) is 8.56. The van der Waals surface area contributed by atoms with Gasteiger partial charge in [0.25, 0.3) is 5.56 Å². The highest BCUT2D eigenvalue weighted by Gasteiger charge is 2.19. The molecule has 0 saturated heterocycles. The Kier molecular flexibility index (Phi) is 5.14. The van der Waals surface area contributed by atoms with Crippen LogP contribution in [-0.4, -0.2) is 20.6 Å². The van der Waals surface area contributed by atoms with Gasteiger partial charge in [-0.25, -0.2) is 4.98 Å². The Morgan fingerprint density at radius 3 is 2.64 bits per heavy atom. The zero-order valence-electron chi connectivity index (χ0n) is 15.4. The summed E-state index contributed by atoms with van der Waals surface area (Å²) in [6.45, 7) is 4.32. The van der Waals surface area contributed by atoms with Crippen molar-refractivity contribution in [2.24, 2.45) is 0 Å². The number of hydrogen-bond donors (Lipinski definition) is 2. The van der Waals surface area contributed by atoms with E-state index in [1.165, 1.54) is 0 Å². The normalized spacial score (nSPS) is 10.5. The van der Waals surface area contributed by atoms with E-state index in [0.29, 0.717) is 17.9 Å². The number of rotatable bonds is 5. The minimum atomic E-state index is -0.632. The van der Waals surface area contributed by atoms with E-state index in [1.54, 1.807) is 30.7 Å². The maximum atomic E-state index is 12.2. The molecule has 1 aromatic carbocycles. The van der Waals surface area contributed by atoms with Crippen molar-refractivity contribution in [1.29, 1.82) is 10.5 Å². The van der Waals surface area contributed by atoms with Crippen LogP contribution < -0.4 is 16.0 Å². The number of hydrogen-bond acceptors (Lipinski definition) is 6. The summed E-state index contributed by atoms with van der Waals surface area (Å²) in [5.74, 6) is 0.599. The molecule has 0 fully saturated rings. The van der Waals surface area contributed by atoms with Gasteiger partial charge in [-0.15, -0.1) is 0 Å². The van der Waals surface area contributed by atoms with E-state index in [2.05, 4.69) is 9.97 Å². The van der Waals surface area contributed by atoms with Crippen molar-refractivity contribution in [3.63, 3.8) is 0 Å². The molecular formula is C20H18N6O2. The molecule has 0 radical (unpaired) electrons. The van der Waals surface area contributed by atoms with Crippen LogP contribution in [0.25, 0.3) is 11.1 Å². The molecule has 8 heteroatoms. The van der Waals surface area contributed by atoms with E-state index < -0.39 is 5.56 Å². The molecule has 0 unspecified atom stereocenters. The largest absolute Gasteiger partial charge is 0.491 e. The maximum absolute atomic E-state index is 12.2. The first-order chi connectivity index (χ1) is 13.4. The number of nitrogen functional groups attached to an aromatic ring is 1. The lowest BCUT2D eigenvalue weighted by molar-refractivity contribution is 0.239. The molecule has 28 heavy (non-hydrogen) atoms. The molecule has 2 heterocycles. The summed E-state index contributed by atoms with van der Waals surface area (Å²) >= 11 is 0. The number of nitrogens with two attached hydrogens (primary N) is 1. The van der Waals surface area contributed by atoms with Crippen LogP contribution in [0.15, 0.2) is 41.7 Å². The molecule has 0 aliphatic carbocycles. The Hall–Kier alpha value is -4.04. The molecule has 0 aliphatic rings. The first-order valence-electron chi connectivity index (χ1n) is 8.56. The summed E-state index contributed by atoms with van der Waals surface area (Å²) in [6, 6.07) is 9.14. The fourth-order valence-corrected chi connectivity index (χ4v) is 2.94. The molecule has 3 aromatic rings. The topological polar surface area (TPSA) is 134 Å². The van der Waals surface area contributed by atoms with Crippen LogP contribution in [0.4, 0.5) is 5.82 Å². The standard InChI is InChI=1S/C20H18N6O2/c1-12(2)28-17-4-3-13(7-14(17)10-26-6-5-24-11-26)18-15(8-21)19(23)25-20(27)16(18)9-22/h3-7,11-12H,10H2,1-2H3,(H3,23,25,27). The van der Waals surface area contributed by atoms with Crippen LogP contribution in [0.1, 0.15) is 30.5 Å². The van der Waals surface area contributed by atoms with Crippen molar-refractivity contribution in [1.82, 2.24) is 14.5 Å². The van der Waals surface area contributed by atoms with Gasteiger partial charge >= 0.3 is 0 Å². The molecule has 8 nitrogen and oxygen atoms in total. The lowest BCUT2D eigenvalue weighted by atomic mass is 9.95. The minimum absolute atomic E-state index is 0.0352. The van der Waals surface area contributed by atoms with E-state index in [-0.39, 0.29) is 28.6 Å². The Bertz CT molecular complexity index is 1150. The van der Waals surface area contributed by atoms with Crippen molar-refractivity contribution in [3.05, 3.63) is 64.0 Å². The summed E-state index contributed by atoms with van der Waals surface area (Å²) in [5.41, 5.74) is 6.65. The van der Waals surface area contributed by atoms with E-state index >= 15 is 0 Å². The van der Waals surface area contributed by atoms with Gasteiger partial charge in [0, 0.05) is 23.5 Å². The third-order valence-electron chi connectivity index (χ3n) is 4.09. The molecule has 3 N–H and O–H groups in total. The predicted molar refractivity (Wildman–Crippen MR) is 103 cm³/mol. The number of nitrogens with zero attached hydrogens (tertiary/aromatic N) is 4. The lowest BCUT2D eigenvalue weighted by Gasteiger charge is -2.17. The number of anilines is 1. The highest BCUT2D eigenvalue weighted by molar-refractivity contribution is 5.80. The van der Waals surface area contributed by atoms with E-state index in [0.717, 1.165) is 5.56 Å². The molecule has 0 saturated carbocycles. The third-order valence-corrected chi connectivity index (χ3v) is 4.09. The van der Waals surface area contributed by atoms with E-state index in [4.69, 9.17) is 10.5 Å². The fraction of sp³-hybridized carbons (Fsp3) is 0.200. The van der Waals surface area contributed by atoms with E-state index in [9.17, 15) is 15.3 Å². The second kappa shape index (κ2) is 7.68. The van der Waals surface area contributed by atoms with E-state index in [1.807, 2.05) is 36.7 Å². The van der Waals surface area contributed by atoms with Gasteiger partial charge in [-0.1, -0.05) is 6.07 Å². The predicted octanol–water partition coefficient (Wildman–Crippen LogP) is 2.40. The first kappa shape index (κ1) is 18.7. The van der Waals surface area contributed by atoms with Crippen molar-refractivity contribution in [2.75, 3.05) is 5.73 Å². The smallest absolute Gasteiger partial charge is 0.268 e. The van der Waals surface area contributed by atoms with Gasteiger partial charge in [-0.3, -0.25) is 4.79 Å². The Morgan fingerprint density at radius 1 is 1.29 bits per heavy atom.